The van der Waals surface area contributed by atoms with Crippen molar-refractivity contribution in [3.63, 3.8) is 0 Å². The minimum absolute atomic E-state index is 0.230. The van der Waals surface area contributed by atoms with Crippen molar-refractivity contribution in [3.05, 3.63) is 0 Å². The molecule has 0 aromatic rings. The van der Waals surface area contributed by atoms with Gasteiger partial charge in [-0.15, -0.1) is 0 Å². The first kappa shape index (κ1) is 18.8. The van der Waals surface area contributed by atoms with Crippen LogP contribution in [0.4, 0.5) is 0 Å². The van der Waals surface area contributed by atoms with Crippen LogP contribution < -0.4 is 5.11 Å². The van der Waals surface area contributed by atoms with Gasteiger partial charge in [-0.3, -0.25) is 0 Å². The van der Waals surface area contributed by atoms with E-state index in [1.54, 1.807) is 0 Å². The molecule has 0 unspecified atom stereocenters. The lowest BCUT2D eigenvalue weighted by Crippen LogP contribution is -2.27. The maximum absolute atomic E-state index is 10.0. The summed E-state index contributed by atoms with van der Waals surface area (Å²) in [5.41, 5.74) is 0. The molecule has 104 valence electrons. The van der Waals surface area contributed by atoms with Gasteiger partial charge in [0, 0.05) is 5.97 Å². The zero-order chi connectivity index (χ0) is 13.7. The zero-order valence-electron chi connectivity index (χ0n) is 12.4. The van der Waals surface area contributed by atoms with Crippen molar-refractivity contribution in [1.29, 1.82) is 0 Å². The van der Waals surface area contributed by atoms with E-state index in [4.69, 9.17) is 0 Å². The van der Waals surface area contributed by atoms with E-state index in [1.807, 2.05) is 0 Å². The first-order valence-corrected chi connectivity index (χ1v) is 6.76. The number of carboxylic acids is 1. The van der Waals surface area contributed by atoms with Gasteiger partial charge in [0.05, 0.1) is 28.2 Å². The fourth-order valence-electron chi connectivity index (χ4n) is 1.23. The summed E-state index contributed by atoms with van der Waals surface area (Å²) < 4.78 is 1.00. The Morgan fingerprint density at radius 3 is 1.59 bits per heavy atom. The van der Waals surface area contributed by atoms with Crippen LogP contribution in [0.5, 0.6) is 0 Å². The highest BCUT2D eigenvalue weighted by Crippen LogP contribution is 2.07. The van der Waals surface area contributed by atoms with Crippen molar-refractivity contribution in [2.45, 2.75) is 58.3 Å². The van der Waals surface area contributed by atoms with Gasteiger partial charge in [0.1, 0.15) is 0 Å². The van der Waals surface area contributed by atoms with Gasteiger partial charge in [0.15, 0.2) is 0 Å². The lowest BCUT2D eigenvalue weighted by Gasteiger charge is -2.14. The fourth-order valence-corrected chi connectivity index (χ4v) is 1.23. The Balaban J connectivity index is 0. The van der Waals surface area contributed by atoms with E-state index in [2.05, 4.69) is 35.1 Å². The van der Waals surface area contributed by atoms with Gasteiger partial charge >= 0.3 is 0 Å². The highest BCUT2D eigenvalue weighted by atomic mass is 16.4. The number of rotatable bonds is 8. The number of aliphatic carboxylic acids is 1. The number of carbonyl (C=O) groups excluding carboxylic acids is 1. The van der Waals surface area contributed by atoms with E-state index < -0.39 is 5.97 Å². The van der Waals surface area contributed by atoms with Crippen LogP contribution in [0.3, 0.4) is 0 Å². The van der Waals surface area contributed by atoms with Gasteiger partial charge in [0.25, 0.3) is 0 Å². The predicted octanol–water partition coefficient (Wildman–Crippen LogP) is 2.20. The summed E-state index contributed by atoms with van der Waals surface area (Å²) in [4.78, 5) is 10.0. The second-order valence-electron chi connectivity index (χ2n) is 5.93. The Morgan fingerprint density at radius 2 is 1.24 bits per heavy atom. The minimum atomic E-state index is -0.913. The highest BCUT2D eigenvalue weighted by molar-refractivity contribution is 5.63. The number of hydrogen-bond acceptors (Lipinski definition) is 2. The number of carbonyl (C=O) groups is 1. The maximum atomic E-state index is 10.0. The van der Waals surface area contributed by atoms with E-state index in [1.165, 1.54) is 32.1 Å². The molecular formula is C14H31NO2. The van der Waals surface area contributed by atoms with E-state index in [9.17, 15) is 9.90 Å². The second kappa shape index (κ2) is 11.9. The summed E-state index contributed by atoms with van der Waals surface area (Å²) in [7, 11) is 8.50. The Bertz CT molecular complexity index is 168. The Labute approximate surface area is 107 Å². The van der Waals surface area contributed by atoms with Gasteiger partial charge in [-0.05, 0) is 12.8 Å². The molecule has 0 fully saturated rings. The van der Waals surface area contributed by atoms with Gasteiger partial charge in [-0.2, -0.15) is 0 Å². The molecule has 0 amide bonds. The van der Waals surface area contributed by atoms with Crippen molar-refractivity contribution >= 4 is 5.97 Å². The van der Waals surface area contributed by atoms with Crippen LogP contribution in [-0.4, -0.2) is 38.6 Å². The first-order valence-electron chi connectivity index (χ1n) is 6.76. The minimum Gasteiger partial charge on any atom is -0.550 e. The van der Waals surface area contributed by atoms with E-state index in [-0.39, 0.29) is 6.42 Å². The average molecular weight is 245 g/mol. The molecule has 0 heterocycles. The standard InChI is InChI=1S/C10H20O2.C4H12N/c1-2-3-4-5-6-7-8-9-10(11)12;1-5(2,3)4/h2-9H2,1H3,(H,11,12);1-4H3/q;+1/p-1. The molecule has 3 nitrogen and oxygen atoms in total. The van der Waals surface area contributed by atoms with E-state index in [0.29, 0.717) is 0 Å². The molecule has 0 atom stereocenters. The summed E-state index contributed by atoms with van der Waals surface area (Å²) in [6, 6.07) is 0. The van der Waals surface area contributed by atoms with Gasteiger partial charge in [-0.1, -0.05) is 45.4 Å². The number of quaternary nitrogens is 1. The Hall–Kier alpha value is -0.570. The number of hydrogen-bond donors (Lipinski definition) is 0. The molecule has 17 heavy (non-hydrogen) atoms. The quantitative estimate of drug-likeness (QED) is 0.486. The van der Waals surface area contributed by atoms with Crippen LogP contribution in [-0.2, 0) is 4.79 Å². The molecule has 0 spiro atoms. The largest absolute Gasteiger partial charge is 0.550 e. The zero-order valence-corrected chi connectivity index (χ0v) is 12.4. The van der Waals surface area contributed by atoms with Crippen molar-refractivity contribution in [3.8, 4) is 0 Å². The third-order valence-electron chi connectivity index (χ3n) is 1.98. The van der Waals surface area contributed by atoms with Crippen molar-refractivity contribution in [1.82, 2.24) is 0 Å². The highest BCUT2D eigenvalue weighted by Gasteiger charge is 1.90. The molecule has 0 rings (SSSR count). The summed E-state index contributed by atoms with van der Waals surface area (Å²) in [5.74, 6) is -0.913. The number of nitrogens with zero attached hydrogens (tertiary/aromatic N) is 1. The normalized spacial score (nSPS) is 10.6. The predicted molar refractivity (Wildman–Crippen MR) is 71.6 cm³/mol. The summed E-state index contributed by atoms with van der Waals surface area (Å²) in [5, 5.41) is 10.0. The molecule has 0 N–H and O–H groups in total. The van der Waals surface area contributed by atoms with Gasteiger partial charge in [0.2, 0.25) is 0 Å². The third kappa shape index (κ3) is 39.2. The monoisotopic (exact) mass is 245 g/mol. The summed E-state index contributed by atoms with van der Waals surface area (Å²) >= 11 is 0. The molecule has 3 heteroatoms. The topological polar surface area (TPSA) is 40.1 Å². The van der Waals surface area contributed by atoms with E-state index >= 15 is 0 Å². The van der Waals surface area contributed by atoms with Crippen LogP contribution in [0.1, 0.15) is 58.3 Å². The average Bonchev–Trinajstić information content (AvgIpc) is 2.13. The van der Waals surface area contributed by atoms with Crippen LogP contribution >= 0.6 is 0 Å². The molecule has 0 saturated carbocycles. The molecular weight excluding hydrogens is 214 g/mol. The molecule has 0 radical (unpaired) electrons. The lowest BCUT2D eigenvalue weighted by atomic mass is 10.1. The van der Waals surface area contributed by atoms with Crippen LogP contribution in [0.25, 0.3) is 0 Å². The lowest BCUT2D eigenvalue weighted by molar-refractivity contribution is -0.849. The summed E-state index contributed by atoms with van der Waals surface area (Å²) in [6.45, 7) is 2.19. The fraction of sp³-hybridized carbons (Fsp3) is 0.929. The smallest absolute Gasteiger partial charge is 0.0675 e. The Morgan fingerprint density at radius 1 is 0.882 bits per heavy atom. The SMILES string of the molecule is CCCCCCCCCC(=O)[O-].C[N+](C)(C)C. The number of carboxylic acid groups (broad SMARTS) is 1. The van der Waals surface area contributed by atoms with Crippen molar-refractivity contribution in [2.75, 3.05) is 28.2 Å². The second-order valence-corrected chi connectivity index (χ2v) is 5.93. The first-order chi connectivity index (χ1) is 7.77. The molecule has 0 bridgehead atoms. The van der Waals surface area contributed by atoms with Crippen LogP contribution in [0.15, 0.2) is 0 Å². The molecule has 0 saturated heterocycles. The number of unbranched alkanes of at least 4 members (excludes halogenated alkanes) is 6. The summed E-state index contributed by atoms with van der Waals surface area (Å²) in [6.07, 6.45) is 8.34. The van der Waals surface area contributed by atoms with Crippen molar-refractivity contribution < 1.29 is 14.4 Å². The van der Waals surface area contributed by atoms with Crippen LogP contribution in [0, 0.1) is 0 Å². The van der Waals surface area contributed by atoms with Gasteiger partial charge < -0.3 is 14.4 Å². The van der Waals surface area contributed by atoms with Crippen molar-refractivity contribution in [2.24, 2.45) is 0 Å². The third-order valence-corrected chi connectivity index (χ3v) is 1.98. The van der Waals surface area contributed by atoms with Crippen LogP contribution in [0.2, 0.25) is 0 Å². The Kier molecular flexibility index (Phi) is 13.2. The van der Waals surface area contributed by atoms with Gasteiger partial charge in [-0.25, -0.2) is 0 Å². The maximum Gasteiger partial charge on any atom is 0.0675 e. The molecule has 0 aliphatic carbocycles. The molecule has 0 aliphatic heterocycles. The molecule has 0 aliphatic rings. The molecule has 0 aromatic heterocycles. The molecule has 0 aromatic carbocycles. The van der Waals surface area contributed by atoms with E-state index in [0.717, 1.165) is 17.3 Å².